The molecule has 0 bridgehead atoms. The average molecular weight is 312 g/mol. The fourth-order valence-corrected chi connectivity index (χ4v) is 2.64. The van der Waals surface area contributed by atoms with Gasteiger partial charge in [0.05, 0.1) is 0 Å². The van der Waals surface area contributed by atoms with Crippen LogP contribution in [0.1, 0.15) is 51.0 Å². The standard InChI is InChI=1S/C21H28O2/c1-3-4-5-15-23-16-14-17(2)18-6-8-19(9-7-18)20-10-12-21(22)13-11-20/h6-13,17,22H,3-5,14-16H2,1-2H3. The number of benzene rings is 2. The normalized spacial score (nSPS) is 12.3. The molecule has 0 saturated carbocycles. The molecule has 2 aromatic carbocycles. The van der Waals surface area contributed by atoms with E-state index in [-0.39, 0.29) is 0 Å². The van der Waals surface area contributed by atoms with Gasteiger partial charge in [-0.25, -0.2) is 0 Å². The number of ether oxygens (including phenoxy) is 1. The van der Waals surface area contributed by atoms with Gasteiger partial charge in [-0.05, 0) is 47.6 Å². The zero-order chi connectivity index (χ0) is 16.5. The monoisotopic (exact) mass is 312 g/mol. The molecule has 0 aliphatic carbocycles. The molecule has 0 fully saturated rings. The molecular weight excluding hydrogens is 284 g/mol. The van der Waals surface area contributed by atoms with Crippen molar-refractivity contribution in [1.82, 2.24) is 0 Å². The lowest BCUT2D eigenvalue weighted by molar-refractivity contribution is 0.124. The minimum Gasteiger partial charge on any atom is -0.508 e. The van der Waals surface area contributed by atoms with Crippen LogP contribution in [-0.4, -0.2) is 18.3 Å². The summed E-state index contributed by atoms with van der Waals surface area (Å²) in [6, 6.07) is 16.0. The van der Waals surface area contributed by atoms with Gasteiger partial charge >= 0.3 is 0 Å². The summed E-state index contributed by atoms with van der Waals surface area (Å²) < 4.78 is 5.71. The van der Waals surface area contributed by atoms with Crippen LogP contribution in [0, 0.1) is 0 Å². The summed E-state index contributed by atoms with van der Waals surface area (Å²) in [4.78, 5) is 0. The number of phenols is 1. The number of phenolic OH excluding ortho intramolecular Hbond substituents is 1. The van der Waals surface area contributed by atoms with Gasteiger partial charge in [-0.1, -0.05) is 63.1 Å². The first kappa shape index (κ1) is 17.6. The van der Waals surface area contributed by atoms with Crippen molar-refractivity contribution < 1.29 is 9.84 Å². The van der Waals surface area contributed by atoms with Crippen LogP contribution in [0.3, 0.4) is 0 Å². The molecule has 0 amide bonds. The number of aromatic hydroxyl groups is 1. The van der Waals surface area contributed by atoms with E-state index in [4.69, 9.17) is 4.74 Å². The molecule has 2 nitrogen and oxygen atoms in total. The van der Waals surface area contributed by atoms with E-state index < -0.39 is 0 Å². The van der Waals surface area contributed by atoms with Crippen LogP contribution in [0.4, 0.5) is 0 Å². The van der Waals surface area contributed by atoms with Crippen molar-refractivity contribution in [3.05, 3.63) is 54.1 Å². The molecule has 2 rings (SSSR count). The van der Waals surface area contributed by atoms with Gasteiger partial charge in [0.25, 0.3) is 0 Å². The lowest BCUT2D eigenvalue weighted by Gasteiger charge is -2.13. The van der Waals surface area contributed by atoms with E-state index in [9.17, 15) is 5.11 Å². The fourth-order valence-electron chi connectivity index (χ4n) is 2.64. The summed E-state index contributed by atoms with van der Waals surface area (Å²) in [5, 5.41) is 9.36. The summed E-state index contributed by atoms with van der Waals surface area (Å²) in [5.74, 6) is 0.813. The predicted molar refractivity (Wildman–Crippen MR) is 96.9 cm³/mol. The Kier molecular flexibility index (Phi) is 7.15. The van der Waals surface area contributed by atoms with Crippen molar-refractivity contribution in [2.75, 3.05) is 13.2 Å². The Morgan fingerprint density at radius 3 is 2.09 bits per heavy atom. The lowest BCUT2D eigenvalue weighted by Crippen LogP contribution is -2.02. The third kappa shape index (κ3) is 5.72. The van der Waals surface area contributed by atoms with Crippen LogP contribution < -0.4 is 0 Å². The average Bonchev–Trinajstić information content (AvgIpc) is 2.58. The van der Waals surface area contributed by atoms with Gasteiger partial charge in [0, 0.05) is 13.2 Å². The van der Waals surface area contributed by atoms with Gasteiger partial charge in [-0.3, -0.25) is 0 Å². The number of unbranched alkanes of at least 4 members (excludes halogenated alkanes) is 2. The maximum absolute atomic E-state index is 9.36. The first-order chi connectivity index (χ1) is 11.2. The minimum atomic E-state index is 0.304. The summed E-state index contributed by atoms with van der Waals surface area (Å²) >= 11 is 0. The lowest BCUT2D eigenvalue weighted by atomic mass is 9.95. The van der Waals surface area contributed by atoms with Crippen LogP contribution in [-0.2, 0) is 4.74 Å². The van der Waals surface area contributed by atoms with Crippen molar-refractivity contribution in [3.8, 4) is 16.9 Å². The highest BCUT2D eigenvalue weighted by molar-refractivity contribution is 5.64. The van der Waals surface area contributed by atoms with Crippen LogP contribution >= 0.6 is 0 Å². The summed E-state index contributed by atoms with van der Waals surface area (Å²) in [5.41, 5.74) is 3.66. The van der Waals surface area contributed by atoms with E-state index in [0.29, 0.717) is 11.7 Å². The molecule has 0 aliphatic heterocycles. The maximum atomic E-state index is 9.36. The van der Waals surface area contributed by atoms with Crippen LogP contribution in [0.2, 0.25) is 0 Å². The molecule has 0 spiro atoms. The van der Waals surface area contributed by atoms with Crippen molar-refractivity contribution in [2.24, 2.45) is 0 Å². The highest BCUT2D eigenvalue weighted by atomic mass is 16.5. The second-order valence-corrected chi connectivity index (χ2v) is 6.18. The topological polar surface area (TPSA) is 29.5 Å². The zero-order valence-corrected chi connectivity index (χ0v) is 14.3. The molecule has 23 heavy (non-hydrogen) atoms. The number of rotatable bonds is 9. The van der Waals surface area contributed by atoms with Crippen molar-refractivity contribution in [1.29, 1.82) is 0 Å². The molecule has 2 heteroatoms. The Bertz CT molecular complexity index is 557. The van der Waals surface area contributed by atoms with E-state index in [1.54, 1.807) is 12.1 Å². The quantitative estimate of drug-likeness (QED) is 0.596. The molecule has 124 valence electrons. The SMILES string of the molecule is CCCCCOCCC(C)c1ccc(-c2ccc(O)cc2)cc1. The molecule has 1 unspecified atom stereocenters. The zero-order valence-electron chi connectivity index (χ0n) is 14.3. The molecule has 0 radical (unpaired) electrons. The van der Waals surface area contributed by atoms with Crippen molar-refractivity contribution in [3.63, 3.8) is 0 Å². The van der Waals surface area contributed by atoms with Crippen LogP contribution in [0.5, 0.6) is 5.75 Å². The van der Waals surface area contributed by atoms with Crippen molar-refractivity contribution in [2.45, 2.75) is 45.4 Å². The Morgan fingerprint density at radius 2 is 1.48 bits per heavy atom. The molecule has 0 saturated heterocycles. The first-order valence-corrected chi connectivity index (χ1v) is 8.68. The van der Waals surface area contributed by atoms with Gasteiger partial charge in [0.15, 0.2) is 0 Å². The maximum Gasteiger partial charge on any atom is 0.115 e. The second kappa shape index (κ2) is 9.36. The second-order valence-electron chi connectivity index (χ2n) is 6.18. The Balaban J connectivity index is 1.82. The van der Waals surface area contributed by atoms with Crippen molar-refractivity contribution >= 4 is 0 Å². The largest absolute Gasteiger partial charge is 0.508 e. The highest BCUT2D eigenvalue weighted by Gasteiger charge is 2.06. The Labute approximate surface area is 140 Å². The fraction of sp³-hybridized carbons (Fsp3) is 0.429. The predicted octanol–water partition coefficient (Wildman–Crippen LogP) is 5.76. The van der Waals surface area contributed by atoms with Gasteiger partial charge in [-0.15, -0.1) is 0 Å². The molecule has 1 atom stereocenters. The van der Waals surface area contributed by atoms with E-state index >= 15 is 0 Å². The Hall–Kier alpha value is -1.80. The molecule has 1 N–H and O–H groups in total. The van der Waals surface area contributed by atoms with Crippen LogP contribution in [0.15, 0.2) is 48.5 Å². The molecule has 0 aromatic heterocycles. The molecule has 2 aromatic rings. The summed E-state index contributed by atoms with van der Waals surface area (Å²) in [6.07, 6.45) is 4.73. The van der Waals surface area contributed by atoms with E-state index in [0.717, 1.165) is 25.2 Å². The van der Waals surface area contributed by atoms with E-state index in [1.165, 1.54) is 30.4 Å². The third-order valence-corrected chi connectivity index (χ3v) is 4.27. The third-order valence-electron chi connectivity index (χ3n) is 4.27. The Morgan fingerprint density at radius 1 is 0.870 bits per heavy atom. The van der Waals surface area contributed by atoms with Gasteiger partial charge < -0.3 is 9.84 Å². The molecule has 0 heterocycles. The number of hydrogen-bond acceptors (Lipinski definition) is 2. The van der Waals surface area contributed by atoms with Gasteiger partial charge in [0.2, 0.25) is 0 Å². The van der Waals surface area contributed by atoms with Crippen LogP contribution in [0.25, 0.3) is 11.1 Å². The minimum absolute atomic E-state index is 0.304. The molecular formula is C21H28O2. The van der Waals surface area contributed by atoms with E-state index in [1.807, 2.05) is 12.1 Å². The van der Waals surface area contributed by atoms with E-state index in [2.05, 4.69) is 38.1 Å². The molecule has 0 aliphatic rings. The number of hydrogen-bond donors (Lipinski definition) is 1. The summed E-state index contributed by atoms with van der Waals surface area (Å²) in [6.45, 7) is 6.19. The van der Waals surface area contributed by atoms with Gasteiger partial charge in [-0.2, -0.15) is 0 Å². The first-order valence-electron chi connectivity index (χ1n) is 8.68. The summed E-state index contributed by atoms with van der Waals surface area (Å²) in [7, 11) is 0. The highest BCUT2D eigenvalue weighted by Crippen LogP contribution is 2.25. The smallest absolute Gasteiger partial charge is 0.115 e. The van der Waals surface area contributed by atoms with Gasteiger partial charge in [0.1, 0.15) is 5.75 Å².